The van der Waals surface area contributed by atoms with Gasteiger partial charge >= 0.3 is 5.97 Å². The highest BCUT2D eigenvalue weighted by molar-refractivity contribution is 7.99. The molecule has 0 spiro atoms. The van der Waals surface area contributed by atoms with Crippen LogP contribution in [0.3, 0.4) is 0 Å². The van der Waals surface area contributed by atoms with Crippen molar-refractivity contribution in [2.75, 3.05) is 0 Å². The first-order valence-electron chi connectivity index (χ1n) is 4.56. The molecule has 0 aliphatic heterocycles. The van der Waals surface area contributed by atoms with Gasteiger partial charge in [0.25, 0.3) is 0 Å². The van der Waals surface area contributed by atoms with Gasteiger partial charge < -0.3 is 9.52 Å². The molecular formula is C11H6N2O3S. The van der Waals surface area contributed by atoms with Gasteiger partial charge in [-0.3, -0.25) is 0 Å². The van der Waals surface area contributed by atoms with Crippen LogP contribution >= 0.6 is 11.8 Å². The van der Waals surface area contributed by atoms with E-state index in [0.717, 1.165) is 0 Å². The monoisotopic (exact) mass is 246 g/mol. The minimum Gasteiger partial charge on any atom is -0.475 e. The molecule has 0 unspecified atom stereocenters. The predicted octanol–water partition coefficient (Wildman–Crippen LogP) is 2.40. The third-order valence-electron chi connectivity index (χ3n) is 1.86. The van der Waals surface area contributed by atoms with Gasteiger partial charge in [0, 0.05) is 6.20 Å². The van der Waals surface area contributed by atoms with E-state index in [-0.39, 0.29) is 5.76 Å². The molecule has 0 amide bonds. The van der Waals surface area contributed by atoms with E-state index in [1.54, 1.807) is 18.2 Å². The number of carboxylic acids is 1. The van der Waals surface area contributed by atoms with Gasteiger partial charge in [0.1, 0.15) is 11.1 Å². The van der Waals surface area contributed by atoms with E-state index in [9.17, 15) is 4.79 Å². The lowest BCUT2D eigenvalue weighted by Crippen LogP contribution is -1.91. The number of hydrogen-bond acceptors (Lipinski definition) is 5. The number of carboxylic acid groups (broad SMARTS) is 1. The zero-order valence-corrected chi connectivity index (χ0v) is 9.27. The number of pyridine rings is 1. The molecular weight excluding hydrogens is 240 g/mol. The van der Waals surface area contributed by atoms with Crippen molar-refractivity contribution in [2.24, 2.45) is 0 Å². The SMILES string of the molecule is N#Cc1ccc(Sc2ccc(C(=O)O)o2)nc1. The summed E-state index contributed by atoms with van der Waals surface area (Å²) >= 11 is 1.19. The van der Waals surface area contributed by atoms with Crippen LogP contribution in [0, 0.1) is 11.3 Å². The van der Waals surface area contributed by atoms with E-state index < -0.39 is 5.97 Å². The molecule has 0 radical (unpaired) electrons. The van der Waals surface area contributed by atoms with E-state index in [4.69, 9.17) is 14.8 Å². The number of aromatic carboxylic acids is 1. The predicted molar refractivity (Wildman–Crippen MR) is 58.7 cm³/mol. The minimum absolute atomic E-state index is 0.110. The highest BCUT2D eigenvalue weighted by atomic mass is 32.2. The fourth-order valence-electron chi connectivity index (χ4n) is 1.10. The zero-order chi connectivity index (χ0) is 12.3. The van der Waals surface area contributed by atoms with Gasteiger partial charge in [-0.2, -0.15) is 5.26 Å². The van der Waals surface area contributed by atoms with Crippen LogP contribution < -0.4 is 0 Å². The molecule has 0 aliphatic rings. The Morgan fingerprint density at radius 3 is 2.76 bits per heavy atom. The van der Waals surface area contributed by atoms with Crippen LogP contribution in [0.4, 0.5) is 0 Å². The second-order valence-corrected chi connectivity index (χ2v) is 4.05. The molecule has 84 valence electrons. The van der Waals surface area contributed by atoms with Gasteiger partial charge in [-0.15, -0.1) is 0 Å². The van der Waals surface area contributed by atoms with Gasteiger partial charge in [-0.25, -0.2) is 9.78 Å². The lowest BCUT2D eigenvalue weighted by atomic mass is 10.3. The van der Waals surface area contributed by atoms with E-state index in [1.807, 2.05) is 6.07 Å². The van der Waals surface area contributed by atoms with Crippen molar-refractivity contribution in [3.8, 4) is 6.07 Å². The summed E-state index contributed by atoms with van der Waals surface area (Å²) in [6.45, 7) is 0. The van der Waals surface area contributed by atoms with Crippen LogP contribution in [0.25, 0.3) is 0 Å². The summed E-state index contributed by atoms with van der Waals surface area (Å²) in [5, 5.41) is 18.4. The maximum atomic E-state index is 10.6. The fourth-order valence-corrected chi connectivity index (χ4v) is 1.81. The van der Waals surface area contributed by atoms with Crippen LogP contribution in [0.1, 0.15) is 16.1 Å². The Balaban J connectivity index is 2.14. The van der Waals surface area contributed by atoms with Crippen molar-refractivity contribution in [1.82, 2.24) is 4.98 Å². The molecule has 1 N–H and O–H groups in total. The first-order valence-corrected chi connectivity index (χ1v) is 5.38. The Kier molecular flexibility index (Phi) is 3.12. The highest BCUT2D eigenvalue weighted by Gasteiger charge is 2.10. The standard InChI is InChI=1S/C11H6N2O3S/c12-5-7-1-3-9(13-6-7)17-10-4-2-8(16-10)11(14)15/h1-4,6H,(H,14,15). The number of furan rings is 1. The molecule has 2 aromatic heterocycles. The number of aromatic nitrogens is 1. The zero-order valence-electron chi connectivity index (χ0n) is 8.45. The number of hydrogen-bond donors (Lipinski definition) is 1. The second-order valence-electron chi connectivity index (χ2n) is 3.02. The number of nitriles is 1. The van der Waals surface area contributed by atoms with Crippen LogP contribution in [0.5, 0.6) is 0 Å². The van der Waals surface area contributed by atoms with E-state index >= 15 is 0 Å². The molecule has 0 saturated carbocycles. The average molecular weight is 246 g/mol. The van der Waals surface area contributed by atoms with Crippen LogP contribution in [0.15, 0.2) is 45.0 Å². The fraction of sp³-hybridized carbons (Fsp3) is 0. The van der Waals surface area contributed by atoms with Crippen molar-refractivity contribution in [3.63, 3.8) is 0 Å². The smallest absolute Gasteiger partial charge is 0.371 e. The van der Waals surface area contributed by atoms with Gasteiger partial charge in [0.15, 0.2) is 5.09 Å². The first-order chi connectivity index (χ1) is 8.19. The second kappa shape index (κ2) is 4.72. The van der Waals surface area contributed by atoms with Crippen LogP contribution in [0.2, 0.25) is 0 Å². The summed E-state index contributed by atoms with van der Waals surface area (Å²) in [7, 11) is 0. The Morgan fingerprint density at radius 2 is 2.24 bits per heavy atom. The molecule has 0 aliphatic carbocycles. The van der Waals surface area contributed by atoms with Crippen molar-refractivity contribution in [2.45, 2.75) is 10.1 Å². The van der Waals surface area contributed by atoms with Crippen molar-refractivity contribution < 1.29 is 14.3 Å². The van der Waals surface area contributed by atoms with Crippen molar-refractivity contribution >= 4 is 17.7 Å². The van der Waals surface area contributed by atoms with Gasteiger partial charge in [0.2, 0.25) is 5.76 Å². The third kappa shape index (κ3) is 2.65. The normalized spacial score (nSPS) is 9.82. The third-order valence-corrected chi connectivity index (χ3v) is 2.73. The highest BCUT2D eigenvalue weighted by Crippen LogP contribution is 2.27. The Labute approximate surface area is 101 Å². The Hall–Kier alpha value is -2.26. The molecule has 5 nitrogen and oxygen atoms in total. The van der Waals surface area contributed by atoms with E-state index in [1.165, 1.54) is 24.0 Å². The molecule has 0 atom stereocenters. The molecule has 2 heterocycles. The Morgan fingerprint density at radius 1 is 1.41 bits per heavy atom. The van der Waals surface area contributed by atoms with Crippen molar-refractivity contribution in [3.05, 3.63) is 41.8 Å². The van der Waals surface area contributed by atoms with Crippen LogP contribution in [-0.2, 0) is 0 Å². The number of nitrogens with zero attached hydrogens (tertiary/aromatic N) is 2. The van der Waals surface area contributed by atoms with E-state index in [2.05, 4.69) is 4.98 Å². The summed E-state index contributed by atoms with van der Waals surface area (Å²) in [5.74, 6) is -1.22. The topological polar surface area (TPSA) is 87.1 Å². The lowest BCUT2D eigenvalue weighted by Gasteiger charge is -1.96. The average Bonchev–Trinajstić information content (AvgIpc) is 2.79. The molecule has 2 aromatic rings. The molecule has 17 heavy (non-hydrogen) atoms. The number of rotatable bonds is 3. The van der Waals surface area contributed by atoms with Crippen molar-refractivity contribution in [1.29, 1.82) is 5.26 Å². The minimum atomic E-state index is -1.11. The maximum absolute atomic E-state index is 10.6. The molecule has 2 rings (SSSR count). The summed E-state index contributed by atoms with van der Waals surface area (Å²) < 4.78 is 5.06. The summed E-state index contributed by atoms with van der Waals surface area (Å²) in [4.78, 5) is 14.6. The molecule has 0 aromatic carbocycles. The lowest BCUT2D eigenvalue weighted by molar-refractivity contribution is 0.0656. The van der Waals surface area contributed by atoms with Crippen LogP contribution in [-0.4, -0.2) is 16.1 Å². The van der Waals surface area contributed by atoms with Gasteiger partial charge in [-0.05, 0) is 36.0 Å². The first kappa shape index (κ1) is 11.2. The molecule has 0 bridgehead atoms. The van der Waals surface area contributed by atoms with E-state index in [0.29, 0.717) is 15.7 Å². The summed E-state index contributed by atoms with van der Waals surface area (Å²) in [5.41, 5.74) is 0.472. The Bertz CT molecular complexity index is 584. The molecule has 0 saturated heterocycles. The summed E-state index contributed by atoms with van der Waals surface area (Å²) in [6, 6.07) is 8.22. The maximum Gasteiger partial charge on any atom is 0.371 e. The molecule has 0 fully saturated rings. The largest absolute Gasteiger partial charge is 0.475 e. The molecule has 6 heteroatoms. The van der Waals surface area contributed by atoms with Gasteiger partial charge in [0.05, 0.1) is 5.56 Å². The quantitative estimate of drug-likeness (QED) is 0.894. The summed E-state index contributed by atoms with van der Waals surface area (Å²) in [6.07, 6.45) is 1.45. The van der Waals surface area contributed by atoms with Gasteiger partial charge in [-0.1, -0.05) is 0 Å². The number of carbonyl (C=O) groups is 1.